The Morgan fingerprint density at radius 3 is 2.92 bits per heavy atom. The van der Waals surface area contributed by atoms with Crippen molar-refractivity contribution in [3.63, 3.8) is 0 Å². The van der Waals surface area contributed by atoms with Gasteiger partial charge < -0.3 is 20.6 Å². The number of furan rings is 1. The number of hydrogen-bond acceptors (Lipinski definition) is 6. The number of halogens is 1. The maximum atomic E-state index is 8.36. The molecule has 0 saturated heterocycles. The lowest BCUT2D eigenvalue weighted by atomic mass is 10.2. The summed E-state index contributed by atoms with van der Waals surface area (Å²) in [5.74, 6) is 0.881. The molecule has 3 aromatic heterocycles. The zero-order valence-electron chi connectivity index (χ0n) is 13.1. The number of carbonyl (C=O) groups is 1. The Morgan fingerprint density at radius 2 is 2.29 bits per heavy atom. The number of hydrogen-bond donors (Lipinski definition) is 3. The highest BCUT2D eigenvalue weighted by molar-refractivity contribution is 7.19. The summed E-state index contributed by atoms with van der Waals surface area (Å²) in [6, 6.07) is 5.67. The van der Waals surface area contributed by atoms with E-state index in [1.807, 2.05) is 18.2 Å². The molecule has 0 atom stereocenters. The molecule has 3 aromatic rings. The number of pyridine rings is 1. The van der Waals surface area contributed by atoms with Gasteiger partial charge in [-0.15, -0.1) is 11.3 Å². The van der Waals surface area contributed by atoms with E-state index < -0.39 is 0 Å². The summed E-state index contributed by atoms with van der Waals surface area (Å²) in [6.45, 7) is 3.08. The zero-order valence-corrected chi connectivity index (χ0v) is 14.7. The first-order valence-electron chi connectivity index (χ1n) is 7.23. The van der Waals surface area contributed by atoms with Crippen LogP contribution in [0.4, 0.5) is 5.69 Å². The van der Waals surface area contributed by atoms with Crippen LogP contribution in [0.5, 0.6) is 0 Å². The van der Waals surface area contributed by atoms with Crippen LogP contribution < -0.4 is 11.1 Å². The molecule has 8 heteroatoms. The first kappa shape index (κ1) is 18.3. The number of anilines is 1. The molecule has 3 rings (SSSR count). The Labute approximate surface area is 148 Å². The normalized spacial score (nSPS) is 10.3. The number of rotatable bonds is 5. The summed E-state index contributed by atoms with van der Waals surface area (Å²) >= 11 is 7.87. The Balaban J connectivity index is 0.000000647. The maximum absolute atomic E-state index is 8.36. The molecule has 4 N–H and O–H groups in total. The van der Waals surface area contributed by atoms with E-state index >= 15 is 0 Å². The first-order chi connectivity index (χ1) is 11.6. The van der Waals surface area contributed by atoms with Gasteiger partial charge in [0.05, 0.1) is 28.7 Å². The van der Waals surface area contributed by atoms with Crippen molar-refractivity contribution in [2.24, 2.45) is 5.73 Å². The summed E-state index contributed by atoms with van der Waals surface area (Å²) in [7, 11) is 0. The molecule has 24 heavy (non-hydrogen) atoms. The van der Waals surface area contributed by atoms with Gasteiger partial charge in [-0.1, -0.05) is 11.6 Å². The predicted octanol–water partition coefficient (Wildman–Crippen LogP) is 3.67. The fourth-order valence-electron chi connectivity index (χ4n) is 2.29. The Hall–Kier alpha value is -2.09. The molecule has 0 amide bonds. The molecule has 0 spiro atoms. The second-order valence-electron chi connectivity index (χ2n) is 4.90. The lowest BCUT2D eigenvalue weighted by molar-refractivity contribution is -0.122. The first-order valence-corrected chi connectivity index (χ1v) is 8.42. The minimum Gasteiger partial charge on any atom is -0.483 e. The maximum Gasteiger partial charge on any atom is 0.290 e. The van der Waals surface area contributed by atoms with Crippen LogP contribution in [-0.2, 0) is 17.8 Å². The van der Waals surface area contributed by atoms with Crippen LogP contribution in [0.15, 0.2) is 28.9 Å². The average Bonchev–Trinajstić information content (AvgIpc) is 3.16. The Kier molecular flexibility index (Phi) is 6.60. The highest BCUT2D eigenvalue weighted by Crippen LogP contribution is 2.36. The van der Waals surface area contributed by atoms with E-state index in [1.54, 1.807) is 17.6 Å². The highest BCUT2D eigenvalue weighted by Gasteiger charge is 2.14. The van der Waals surface area contributed by atoms with Gasteiger partial charge in [0.1, 0.15) is 10.9 Å². The van der Waals surface area contributed by atoms with Crippen molar-refractivity contribution in [3.05, 3.63) is 45.8 Å². The number of carboxylic acid groups (broad SMARTS) is 1. The van der Waals surface area contributed by atoms with E-state index in [9.17, 15) is 0 Å². The molecule has 0 radical (unpaired) electrons. The van der Waals surface area contributed by atoms with Crippen LogP contribution in [0.1, 0.15) is 16.2 Å². The third-order valence-corrected chi connectivity index (χ3v) is 4.91. The monoisotopic (exact) mass is 367 g/mol. The van der Waals surface area contributed by atoms with E-state index in [-0.39, 0.29) is 6.47 Å². The summed E-state index contributed by atoms with van der Waals surface area (Å²) in [4.78, 5) is 14.1. The topological polar surface area (TPSA) is 101 Å². The molecular weight excluding hydrogens is 350 g/mol. The molecule has 6 nitrogen and oxygen atoms in total. The molecule has 128 valence electrons. The second-order valence-corrected chi connectivity index (χ2v) is 6.39. The quantitative estimate of drug-likeness (QED) is 0.470. The number of nitrogens with zero attached hydrogens (tertiary/aromatic N) is 1. The minimum absolute atomic E-state index is 0.250. The van der Waals surface area contributed by atoms with Crippen molar-refractivity contribution in [1.82, 2.24) is 4.98 Å². The van der Waals surface area contributed by atoms with Crippen molar-refractivity contribution < 1.29 is 14.3 Å². The van der Waals surface area contributed by atoms with E-state index in [0.717, 1.165) is 28.1 Å². The molecule has 0 saturated carbocycles. The van der Waals surface area contributed by atoms with E-state index in [4.69, 9.17) is 31.7 Å². The van der Waals surface area contributed by atoms with Crippen molar-refractivity contribution in [1.29, 1.82) is 0 Å². The molecule has 0 aliphatic carbocycles. The molecular formula is C16H18ClN3O3S. The minimum atomic E-state index is -0.250. The zero-order chi connectivity index (χ0) is 17.5. The summed E-state index contributed by atoms with van der Waals surface area (Å²) in [6.07, 6.45) is 2.53. The third-order valence-electron chi connectivity index (χ3n) is 3.35. The molecule has 0 aliphatic rings. The average molecular weight is 368 g/mol. The van der Waals surface area contributed by atoms with Gasteiger partial charge in [-0.05, 0) is 37.6 Å². The SMILES string of the molecule is Cc1c(CCN)sc2c(NCc3ccco3)cc(Cl)nc12.O=CO. The standard InChI is InChI=1S/C15H16ClN3OS.CH2O2/c1-9-12(4-5-17)21-15-11(7-13(16)19-14(9)15)18-8-10-3-2-6-20-10;2-1-3/h2-3,6-7H,4-5,8,17H2,1H3,(H,18,19);1H,(H,2,3). The van der Waals surface area contributed by atoms with Gasteiger partial charge in [0, 0.05) is 10.9 Å². The molecule has 0 fully saturated rings. The number of aryl methyl sites for hydroxylation is 1. The van der Waals surface area contributed by atoms with Gasteiger partial charge in [-0.25, -0.2) is 4.98 Å². The molecule has 0 bridgehead atoms. The van der Waals surface area contributed by atoms with Gasteiger partial charge >= 0.3 is 0 Å². The lowest BCUT2D eigenvalue weighted by Crippen LogP contribution is -2.01. The second kappa shape index (κ2) is 8.68. The number of aromatic nitrogens is 1. The smallest absolute Gasteiger partial charge is 0.290 e. The van der Waals surface area contributed by atoms with Crippen molar-refractivity contribution in [3.8, 4) is 0 Å². The molecule has 3 heterocycles. The van der Waals surface area contributed by atoms with Crippen LogP contribution in [0.3, 0.4) is 0 Å². The summed E-state index contributed by atoms with van der Waals surface area (Å²) in [5.41, 5.74) is 8.79. The summed E-state index contributed by atoms with van der Waals surface area (Å²) in [5, 5.41) is 10.8. The van der Waals surface area contributed by atoms with Crippen LogP contribution in [0.25, 0.3) is 10.2 Å². The van der Waals surface area contributed by atoms with Gasteiger partial charge in [0.15, 0.2) is 0 Å². The third kappa shape index (κ3) is 4.25. The Bertz CT molecular complexity index is 803. The van der Waals surface area contributed by atoms with Crippen molar-refractivity contribution in [2.45, 2.75) is 19.9 Å². The van der Waals surface area contributed by atoms with Crippen molar-refractivity contribution in [2.75, 3.05) is 11.9 Å². The van der Waals surface area contributed by atoms with Crippen molar-refractivity contribution >= 4 is 45.3 Å². The lowest BCUT2D eigenvalue weighted by Gasteiger charge is -2.06. The van der Waals surface area contributed by atoms with Crippen LogP contribution in [0.2, 0.25) is 5.15 Å². The summed E-state index contributed by atoms with van der Waals surface area (Å²) < 4.78 is 6.46. The number of fused-ring (bicyclic) bond motifs is 1. The molecule has 0 unspecified atom stereocenters. The Morgan fingerprint density at radius 1 is 1.54 bits per heavy atom. The molecule has 0 aromatic carbocycles. The number of nitrogens with two attached hydrogens (primary N) is 1. The largest absolute Gasteiger partial charge is 0.483 e. The number of nitrogens with one attached hydrogen (secondary N) is 1. The van der Waals surface area contributed by atoms with Gasteiger partial charge in [-0.3, -0.25) is 4.79 Å². The fourth-order valence-corrected chi connectivity index (χ4v) is 3.73. The van der Waals surface area contributed by atoms with Gasteiger partial charge in [0.2, 0.25) is 0 Å². The fraction of sp³-hybridized carbons (Fsp3) is 0.250. The van der Waals surface area contributed by atoms with Crippen LogP contribution in [0, 0.1) is 6.92 Å². The van der Waals surface area contributed by atoms with E-state index in [1.165, 1.54) is 10.4 Å². The predicted molar refractivity (Wildman–Crippen MR) is 96.9 cm³/mol. The van der Waals surface area contributed by atoms with Crippen LogP contribution >= 0.6 is 22.9 Å². The van der Waals surface area contributed by atoms with E-state index in [0.29, 0.717) is 18.2 Å². The van der Waals surface area contributed by atoms with Gasteiger partial charge in [-0.2, -0.15) is 0 Å². The molecule has 0 aliphatic heterocycles. The van der Waals surface area contributed by atoms with Crippen LogP contribution in [-0.4, -0.2) is 23.1 Å². The van der Waals surface area contributed by atoms with Gasteiger partial charge in [0.25, 0.3) is 6.47 Å². The van der Waals surface area contributed by atoms with E-state index in [2.05, 4.69) is 17.2 Å². The number of thiophene rings is 1. The highest BCUT2D eigenvalue weighted by atomic mass is 35.5.